The minimum Gasteiger partial charge on any atom is -0.118 e. The smallest absolute Gasteiger partial charge is 0.0310 e. The molecule has 0 N–H and O–H groups in total. The van der Waals surface area contributed by atoms with Crippen molar-refractivity contribution < 1.29 is 0 Å². The Morgan fingerprint density at radius 3 is 2.92 bits per heavy atom. The molecule has 1 aliphatic heterocycles. The molecule has 0 spiro atoms. The molecule has 0 radical (unpaired) electrons. The molecule has 1 atom stereocenters. The zero-order chi connectivity index (χ0) is 8.55. The molecule has 12 heavy (non-hydrogen) atoms. The summed E-state index contributed by atoms with van der Waals surface area (Å²) in [6, 6.07) is 0. The van der Waals surface area contributed by atoms with Crippen molar-refractivity contribution in [2.24, 2.45) is 0 Å². The monoisotopic (exact) mass is 178 g/mol. The molecule has 0 amide bonds. The van der Waals surface area contributed by atoms with Crippen LogP contribution in [-0.2, 0) is 0 Å². The van der Waals surface area contributed by atoms with Crippen LogP contribution in [0.15, 0.2) is 34.3 Å². The molecular formula is C11H14S. The predicted molar refractivity (Wildman–Crippen MR) is 56.2 cm³/mol. The molecule has 0 nitrogen and oxygen atoms in total. The van der Waals surface area contributed by atoms with Gasteiger partial charge in [-0.15, -0.1) is 11.8 Å². The van der Waals surface area contributed by atoms with Crippen molar-refractivity contribution in [2.45, 2.75) is 31.9 Å². The summed E-state index contributed by atoms with van der Waals surface area (Å²) < 4.78 is 0. The van der Waals surface area contributed by atoms with Crippen LogP contribution in [0.4, 0.5) is 0 Å². The van der Waals surface area contributed by atoms with Gasteiger partial charge in [0.25, 0.3) is 0 Å². The van der Waals surface area contributed by atoms with E-state index in [1.165, 1.54) is 23.3 Å². The zero-order valence-electron chi connectivity index (χ0n) is 7.63. The maximum absolute atomic E-state index is 2.28. The van der Waals surface area contributed by atoms with Gasteiger partial charge in [0.05, 0.1) is 0 Å². The van der Waals surface area contributed by atoms with Crippen LogP contribution in [-0.4, -0.2) is 5.25 Å². The molecule has 1 heterocycles. The molecule has 0 aromatic heterocycles. The van der Waals surface area contributed by atoms with E-state index in [-0.39, 0.29) is 0 Å². The molecule has 2 rings (SSSR count). The molecule has 64 valence electrons. The Kier molecular flexibility index (Phi) is 2.14. The number of rotatable bonds is 2. The van der Waals surface area contributed by atoms with Crippen molar-refractivity contribution in [2.75, 3.05) is 0 Å². The lowest BCUT2D eigenvalue weighted by molar-refractivity contribution is 0.881. The molecule has 0 aromatic carbocycles. The quantitative estimate of drug-likeness (QED) is 0.621. The van der Waals surface area contributed by atoms with Crippen LogP contribution in [0.5, 0.6) is 0 Å². The van der Waals surface area contributed by atoms with Gasteiger partial charge in [-0.2, -0.15) is 0 Å². The first-order valence-electron chi connectivity index (χ1n) is 4.65. The molecule has 0 saturated heterocycles. The summed E-state index contributed by atoms with van der Waals surface area (Å²) in [4.78, 5) is 1.50. The van der Waals surface area contributed by atoms with E-state index in [1.807, 2.05) is 11.8 Å². The van der Waals surface area contributed by atoms with Crippen molar-refractivity contribution >= 4 is 11.8 Å². The minimum absolute atomic E-state index is 0.765. The summed E-state index contributed by atoms with van der Waals surface area (Å²) in [6.07, 6.45) is 9.15. The standard InChI is InChI=1S/C11H14S/c1-3-8-9-6-5-7-11(9)12-10(8)4-2/h5-7,10H,3-4H2,1-2H3. The molecule has 1 heteroatoms. The number of fused-ring (bicyclic) bond motifs is 1. The Labute approximate surface area is 78.4 Å². The van der Waals surface area contributed by atoms with E-state index in [0.29, 0.717) is 0 Å². The largest absolute Gasteiger partial charge is 0.118 e. The number of allylic oxidation sites excluding steroid dienone is 4. The average molecular weight is 178 g/mol. The number of hydrogen-bond acceptors (Lipinski definition) is 1. The highest BCUT2D eigenvalue weighted by molar-refractivity contribution is 8.04. The summed E-state index contributed by atoms with van der Waals surface area (Å²) >= 11 is 2.04. The molecule has 2 aliphatic rings. The SMILES string of the molecule is CCC1=C2C=CC=C2SC1CC. The Morgan fingerprint density at radius 2 is 2.25 bits per heavy atom. The third kappa shape index (κ3) is 1.08. The van der Waals surface area contributed by atoms with E-state index in [0.717, 1.165) is 5.25 Å². The van der Waals surface area contributed by atoms with Crippen LogP contribution >= 0.6 is 11.8 Å². The fourth-order valence-electron chi connectivity index (χ4n) is 1.92. The first-order chi connectivity index (χ1) is 5.86. The van der Waals surface area contributed by atoms with Gasteiger partial charge in [-0.05, 0) is 30.1 Å². The molecule has 0 fully saturated rings. The number of hydrogen-bond donors (Lipinski definition) is 0. The second-order valence-electron chi connectivity index (χ2n) is 3.20. The van der Waals surface area contributed by atoms with Gasteiger partial charge in [-0.25, -0.2) is 0 Å². The first-order valence-corrected chi connectivity index (χ1v) is 5.53. The third-order valence-corrected chi connectivity index (χ3v) is 4.04. The predicted octanol–water partition coefficient (Wildman–Crippen LogP) is 3.67. The Morgan fingerprint density at radius 1 is 1.42 bits per heavy atom. The maximum Gasteiger partial charge on any atom is 0.0310 e. The normalized spacial score (nSPS) is 26.5. The fraction of sp³-hybridized carbons (Fsp3) is 0.455. The van der Waals surface area contributed by atoms with Crippen LogP contribution in [0.2, 0.25) is 0 Å². The lowest BCUT2D eigenvalue weighted by atomic mass is 10.0. The third-order valence-electron chi connectivity index (χ3n) is 2.53. The topological polar surface area (TPSA) is 0 Å². The first kappa shape index (κ1) is 8.18. The molecule has 0 bridgehead atoms. The minimum atomic E-state index is 0.765. The average Bonchev–Trinajstić information content (AvgIpc) is 2.61. The van der Waals surface area contributed by atoms with E-state index in [4.69, 9.17) is 0 Å². The fourth-order valence-corrected chi connectivity index (χ4v) is 3.31. The second-order valence-corrected chi connectivity index (χ2v) is 4.44. The van der Waals surface area contributed by atoms with Crippen LogP contribution in [0.1, 0.15) is 26.7 Å². The summed E-state index contributed by atoms with van der Waals surface area (Å²) in [5, 5.41) is 0.765. The van der Waals surface area contributed by atoms with Crippen molar-refractivity contribution in [1.82, 2.24) is 0 Å². The highest BCUT2D eigenvalue weighted by atomic mass is 32.2. The summed E-state index contributed by atoms with van der Waals surface area (Å²) in [5.41, 5.74) is 3.18. The van der Waals surface area contributed by atoms with E-state index in [9.17, 15) is 0 Å². The van der Waals surface area contributed by atoms with E-state index in [1.54, 1.807) is 5.57 Å². The maximum atomic E-state index is 2.28. The van der Waals surface area contributed by atoms with Crippen LogP contribution < -0.4 is 0 Å². The van der Waals surface area contributed by atoms with E-state index >= 15 is 0 Å². The highest BCUT2D eigenvalue weighted by Gasteiger charge is 2.27. The van der Waals surface area contributed by atoms with Crippen LogP contribution in [0.3, 0.4) is 0 Å². The van der Waals surface area contributed by atoms with E-state index in [2.05, 4.69) is 32.1 Å². The summed E-state index contributed by atoms with van der Waals surface area (Å²) in [5.74, 6) is 0. The summed E-state index contributed by atoms with van der Waals surface area (Å²) in [6.45, 7) is 4.54. The van der Waals surface area contributed by atoms with Crippen molar-refractivity contribution in [1.29, 1.82) is 0 Å². The molecular weight excluding hydrogens is 164 g/mol. The van der Waals surface area contributed by atoms with Crippen LogP contribution in [0.25, 0.3) is 0 Å². The van der Waals surface area contributed by atoms with Crippen molar-refractivity contribution in [3.8, 4) is 0 Å². The van der Waals surface area contributed by atoms with Gasteiger partial charge >= 0.3 is 0 Å². The molecule has 0 aromatic rings. The van der Waals surface area contributed by atoms with Crippen molar-refractivity contribution in [3.05, 3.63) is 34.3 Å². The van der Waals surface area contributed by atoms with Gasteiger partial charge in [0.15, 0.2) is 0 Å². The Bertz CT molecular complexity index is 281. The molecule has 1 unspecified atom stereocenters. The van der Waals surface area contributed by atoms with Gasteiger partial charge in [-0.3, -0.25) is 0 Å². The number of thioether (sulfide) groups is 1. The Hall–Kier alpha value is -0.430. The second kappa shape index (κ2) is 3.14. The summed E-state index contributed by atoms with van der Waals surface area (Å²) in [7, 11) is 0. The van der Waals surface area contributed by atoms with Gasteiger partial charge in [0, 0.05) is 10.2 Å². The molecule has 1 aliphatic carbocycles. The van der Waals surface area contributed by atoms with Gasteiger partial charge in [0.2, 0.25) is 0 Å². The van der Waals surface area contributed by atoms with Gasteiger partial charge in [0.1, 0.15) is 0 Å². The van der Waals surface area contributed by atoms with E-state index < -0.39 is 0 Å². The lowest BCUT2D eigenvalue weighted by Crippen LogP contribution is -1.99. The van der Waals surface area contributed by atoms with Crippen LogP contribution in [0, 0.1) is 0 Å². The highest BCUT2D eigenvalue weighted by Crippen LogP contribution is 2.47. The Balaban J connectivity index is 2.36. The lowest BCUT2D eigenvalue weighted by Gasteiger charge is -2.08. The zero-order valence-corrected chi connectivity index (χ0v) is 8.45. The van der Waals surface area contributed by atoms with Crippen molar-refractivity contribution in [3.63, 3.8) is 0 Å². The van der Waals surface area contributed by atoms with Gasteiger partial charge < -0.3 is 0 Å². The van der Waals surface area contributed by atoms with Gasteiger partial charge in [-0.1, -0.05) is 26.0 Å². The molecule has 0 saturated carbocycles.